The van der Waals surface area contributed by atoms with E-state index >= 15 is 0 Å². The number of carbonyl (C=O) groups is 1. The van der Waals surface area contributed by atoms with Crippen LogP contribution in [0.25, 0.3) is 0 Å². The van der Waals surface area contributed by atoms with Crippen LogP contribution >= 0.6 is 24.0 Å². The van der Waals surface area contributed by atoms with Crippen molar-refractivity contribution >= 4 is 41.5 Å². The van der Waals surface area contributed by atoms with Crippen LogP contribution in [0.5, 0.6) is 0 Å². The van der Waals surface area contributed by atoms with Crippen molar-refractivity contribution in [1.82, 2.24) is 10.6 Å². The summed E-state index contributed by atoms with van der Waals surface area (Å²) in [5.41, 5.74) is 3.50. The lowest BCUT2D eigenvalue weighted by atomic mass is 9.96. The Kier molecular flexibility index (Phi) is 8.29. The highest BCUT2D eigenvalue weighted by Gasteiger charge is 2.43. The lowest BCUT2D eigenvalue weighted by molar-refractivity contribution is -0.114. The van der Waals surface area contributed by atoms with Crippen LogP contribution < -0.4 is 16.0 Å². The summed E-state index contributed by atoms with van der Waals surface area (Å²) in [5, 5.41) is 9.64. The number of nitrogens with one attached hydrogen (secondary N) is 3. The molecule has 2 aromatic rings. The summed E-state index contributed by atoms with van der Waals surface area (Å²) in [4.78, 5) is 15.9. The molecule has 1 amide bonds. The molecule has 28 heavy (non-hydrogen) atoms. The van der Waals surface area contributed by atoms with Gasteiger partial charge in [-0.05, 0) is 43.0 Å². The number of hydrogen-bond acceptors (Lipinski definition) is 2. The Morgan fingerprint density at radius 1 is 1.07 bits per heavy atom. The monoisotopic (exact) mass is 492 g/mol. The topological polar surface area (TPSA) is 65.5 Å². The molecule has 0 atom stereocenters. The van der Waals surface area contributed by atoms with Gasteiger partial charge in [0.1, 0.15) is 0 Å². The molecule has 1 saturated carbocycles. The van der Waals surface area contributed by atoms with Gasteiger partial charge in [-0.2, -0.15) is 0 Å². The Morgan fingerprint density at radius 3 is 2.46 bits per heavy atom. The third-order valence-electron chi connectivity index (χ3n) is 4.85. The molecule has 0 spiro atoms. The first-order valence-electron chi connectivity index (χ1n) is 9.55. The summed E-state index contributed by atoms with van der Waals surface area (Å²) in [7, 11) is 0. The maximum absolute atomic E-state index is 11.2. The third-order valence-corrected chi connectivity index (χ3v) is 4.85. The molecule has 3 rings (SSSR count). The van der Waals surface area contributed by atoms with Crippen LogP contribution in [0.1, 0.15) is 37.8 Å². The lowest BCUT2D eigenvalue weighted by Gasteiger charge is -2.19. The first-order valence-corrected chi connectivity index (χ1v) is 9.55. The third kappa shape index (κ3) is 6.22. The average Bonchev–Trinajstić information content (AvgIpc) is 3.46. The van der Waals surface area contributed by atoms with Gasteiger partial charge < -0.3 is 16.0 Å². The van der Waals surface area contributed by atoms with E-state index < -0.39 is 0 Å². The molecule has 0 aliphatic heterocycles. The van der Waals surface area contributed by atoms with Gasteiger partial charge in [-0.15, -0.1) is 24.0 Å². The number of guanidine groups is 1. The van der Waals surface area contributed by atoms with Crippen LogP contribution in [0.2, 0.25) is 0 Å². The van der Waals surface area contributed by atoms with Gasteiger partial charge in [-0.1, -0.05) is 42.5 Å². The molecular formula is C22H29IN4O. The molecule has 2 aromatic carbocycles. The normalized spacial score (nSPS) is 14.6. The highest BCUT2D eigenvalue weighted by atomic mass is 127. The molecule has 0 radical (unpaired) electrons. The minimum absolute atomic E-state index is 0. The quantitative estimate of drug-likeness (QED) is 0.311. The predicted molar refractivity (Wildman–Crippen MR) is 126 cm³/mol. The van der Waals surface area contributed by atoms with E-state index in [2.05, 4.69) is 53.2 Å². The Bertz CT molecular complexity index is 803. The van der Waals surface area contributed by atoms with Gasteiger partial charge in [0.2, 0.25) is 5.91 Å². The van der Waals surface area contributed by atoms with E-state index in [0.717, 1.165) is 30.3 Å². The Labute approximate surface area is 184 Å². The fourth-order valence-electron chi connectivity index (χ4n) is 3.23. The number of anilines is 1. The van der Waals surface area contributed by atoms with Crippen molar-refractivity contribution in [2.75, 3.05) is 18.4 Å². The van der Waals surface area contributed by atoms with Crippen LogP contribution in [0.3, 0.4) is 0 Å². The van der Waals surface area contributed by atoms with Crippen LogP contribution in [0.4, 0.5) is 5.69 Å². The number of nitrogens with zero attached hydrogens (tertiary/aromatic N) is 1. The lowest BCUT2D eigenvalue weighted by Crippen LogP contribution is -2.41. The number of amides is 1. The number of hydrogen-bond donors (Lipinski definition) is 3. The number of rotatable bonds is 7. The maximum Gasteiger partial charge on any atom is 0.221 e. The van der Waals surface area contributed by atoms with E-state index in [4.69, 9.17) is 4.99 Å². The van der Waals surface area contributed by atoms with Gasteiger partial charge in [0.25, 0.3) is 0 Å². The van der Waals surface area contributed by atoms with Crippen LogP contribution in [0, 0.1) is 0 Å². The van der Waals surface area contributed by atoms with E-state index in [1.807, 2.05) is 24.3 Å². The fraction of sp³-hybridized carbons (Fsp3) is 0.364. The average molecular weight is 492 g/mol. The standard InChI is InChI=1S/C22H28N4O.HI/c1-3-23-21(24-15-18-8-7-11-20(14-18)26-17(2)27)25-16-22(12-13-22)19-9-5-4-6-10-19;/h4-11,14H,3,12-13,15-16H2,1-2H3,(H,26,27)(H2,23,24,25);1H. The molecule has 0 unspecified atom stereocenters. The molecule has 0 heterocycles. The van der Waals surface area contributed by atoms with Gasteiger partial charge >= 0.3 is 0 Å². The fourth-order valence-corrected chi connectivity index (χ4v) is 3.23. The number of aliphatic imine (C=N–C) groups is 1. The molecular weight excluding hydrogens is 463 g/mol. The molecule has 0 bridgehead atoms. The molecule has 1 aliphatic carbocycles. The molecule has 6 heteroatoms. The zero-order valence-corrected chi connectivity index (χ0v) is 18.8. The van der Waals surface area contributed by atoms with Crippen molar-refractivity contribution in [3.63, 3.8) is 0 Å². The summed E-state index contributed by atoms with van der Waals surface area (Å²) < 4.78 is 0. The van der Waals surface area contributed by atoms with Crippen molar-refractivity contribution in [1.29, 1.82) is 0 Å². The van der Waals surface area contributed by atoms with Gasteiger partial charge in [-0.3, -0.25) is 4.79 Å². The second-order valence-electron chi connectivity index (χ2n) is 7.08. The zero-order valence-electron chi connectivity index (χ0n) is 16.5. The van der Waals surface area contributed by atoms with Crippen LogP contribution in [-0.4, -0.2) is 25.0 Å². The van der Waals surface area contributed by atoms with Crippen molar-refractivity contribution in [2.45, 2.75) is 38.6 Å². The molecule has 150 valence electrons. The highest BCUT2D eigenvalue weighted by Crippen LogP contribution is 2.47. The summed E-state index contributed by atoms with van der Waals surface area (Å²) in [6.45, 7) is 5.84. The first kappa shape index (κ1) is 22.2. The van der Waals surface area contributed by atoms with Crippen LogP contribution in [-0.2, 0) is 16.8 Å². The van der Waals surface area contributed by atoms with Gasteiger partial charge in [0, 0.05) is 31.1 Å². The number of halogens is 1. The van der Waals surface area contributed by atoms with Crippen molar-refractivity contribution < 1.29 is 4.79 Å². The summed E-state index contributed by atoms with van der Waals surface area (Å²) >= 11 is 0. The van der Waals surface area contributed by atoms with Crippen molar-refractivity contribution in [3.05, 3.63) is 65.7 Å². The van der Waals surface area contributed by atoms with E-state index in [1.54, 1.807) is 0 Å². The smallest absolute Gasteiger partial charge is 0.221 e. The molecule has 3 N–H and O–H groups in total. The Morgan fingerprint density at radius 2 is 1.82 bits per heavy atom. The second-order valence-corrected chi connectivity index (χ2v) is 7.08. The van der Waals surface area contributed by atoms with Gasteiger partial charge in [0.05, 0.1) is 6.54 Å². The van der Waals surface area contributed by atoms with Gasteiger partial charge in [-0.25, -0.2) is 4.99 Å². The SMILES string of the molecule is CCNC(=NCc1cccc(NC(C)=O)c1)NCC1(c2ccccc2)CC1.I. The summed E-state index contributed by atoms with van der Waals surface area (Å²) in [6.07, 6.45) is 2.42. The molecule has 0 saturated heterocycles. The first-order chi connectivity index (χ1) is 13.1. The number of benzene rings is 2. The number of carbonyl (C=O) groups excluding carboxylic acids is 1. The van der Waals surface area contributed by atoms with E-state index in [9.17, 15) is 4.79 Å². The Balaban J connectivity index is 0.00000280. The van der Waals surface area contributed by atoms with E-state index in [0.29, 0.717) is 6.54 Å². The molecule has 1 aliphatic rings. The Hall–Kier alpha value is -2.09. The second kappa shape index (κ2) is 10.5. The summed E-state index contributed by atoms with van der Waals surface area (Å²) in [6, 6.07) is 18.5. The molecule has 0 aromatic heterocycles. The molecule has 5 nitrogen and oxygen atoms in total. The van der Waals surface area contributed by atoms with E-state index in [-0.39, 0.29) is 35.3 Å². The minimum atomic E-state index is -0.0682. The maximum atomic E-state index is 11.2. The van der Waals surface area contributed by atoms with E-state index in [1.165, 1.54) is 25.3 Å². The van der Waals surface area contributed by atoms with Crippen LogP contribution in [0.15, 0.2) is 59.6 Å². The molecule has 1 fully saturated rings. The van der Waals surface area contributed by atoms with Crippen molar-refractivity contribution in [3.8, 4) is 0 Å². The largest absolute Gasteiger partial charge is 0.357 e. The predicted octanol–water partition coefficient (Wildman–Crippen LogP) is 4.05. The summed E-state index contributed by atoms with van der Waals surface area (Å²) in [5.74, 6) is 0.755. The van der Waals surface area contributed by atoms with Gasteiger partial charge in [0.15, 0.2) is 5.96 Å². The minimum Gasteiger partial charge on any atom is -0.357 e. The zero-order chi connectivity index (χ0) is 19.1. The highest BCUT2D eigenvalue weighted by molar-refractivity contribution is 14.0. The van der Waals surface area contributed by atoms with Crippen molar-refractivity contribution in [2.24, 2.45) is 4.99 Å².